The molecule has 0 fully saturated rings. The Kier molecular flexibility index (Phi) is 2.55. The molecule has 1 aromatic heterocycles. The first kappa shape index (κ1) is 9.92. The lowest BCUT2D eigenvalue weighted by Crippen LogP contribution is -2.08. The van der Waals surface area contributed by atoms with Crippen LogP contribution in [0.15, 0.2) is 28.7 Å². The number of aromatic nitrogens is 2. The van der Waals surface area contributed by atoms with E-state index in [-0.39, 0.29) is 0 Å². The minimum absolute atomic E-state index is 0.292. The number of H-pyrrole nitrogens is 1. The van der Waals surface area contributed by atoms with Crippen molar-refractivity contribution < 1.29 is 4.42 Å². The number of nitrogens with zero attached hydrogens (tertiary/aromatic N) is 2. The first-order chi connectivity index (χ1) is 7.16. The highest BCUT2D eigenvalue weighted by Crippen LogP contribution is 2.21. The molecule has 1 aromatic carbocycles. The van der Waals surface area contributed by atoms with Crippen LogP contribution >= 0.6 is 12.2 Å². The summed E-state index contributed by atoms with van der Waals surface area (Å²) >= 11 is 4.82. The summed E-state index contributed by atoms with van der Waals surface area (Å²) in [5.74, 6) is 0.517. The van der Waals surface area contributed by atoms with Gasteiger partial charge in [0.05, 0.1) is 0 Å². The highest BCUT2D eigenvalue weighted by atomic mass is 32.1. The first-order valence-corrected chi connectivity index (χ1v) is 4.91. The lowest BCUT2D eigenvalue weighted by atomic mass is 10.2. The summed E-state index contributed by atoms with van der Waals surface area (Å²) in [6.07, 6.45) is 0. The Balaban J connectivity index is 2.45. The summed E-state index contributed by atoms with van der Waals surface area (Å²) in [7, 11) is 3.97. The van der Waals surface area contributed by atoms with Crippen molar-refractivity contribution in [2.24, 2.45) is 0 Å². The Bertz CT molecular complexity index is 515. The van der Waals surface area contributed by atoms with Crippen LogP contribution in [0.4, 0.5) is 5.69 Å². The van der Waals surface area contributed by atoms with Crippen molar-refractivity contribution in [2.45, 2.75) is 0 Å². The molecule has 0 aliphatic carbocycles. The molecule has 0 saturated carbocycles. The predicted octanol–water partition coefficient (Wildman–Crippen LogP) is 2.47. The third kappa shape index (κ3) is 2.07. The van der Waals surface area contributed by atoms with Gasteiger partial charge in [-0.05, 0) is 30.4 Å². The van der Waals surface area contributed by atoms with Crippen LogP contribution in [0.5, 0.6) is 0 Å². The SMILES string of the molecule is CN(C)c1cccc(-c2n[nH]c(=S)o2)c1. The summed E-state index contributed by atoms with van der Waals surface area (Å²) in [4.78, 5) is 2.31. The van der Waals surface area contributed by atoms with Gasteiger partial charge in [-0.1, -0.05) is 6.07 Å². The molecule has 0 bridgehead atoms. The van der Waals surface area contributed by atoms with Crippen molar-refractivity contribution >= 4 is 17.9 Å². The van der Waals surface area contributed by atoms with E-state index in [2.05, 4.69) is 10.2 Å². The Hall–Kier alpha value is -1.62. The molecule has 0 radical (unpaired) electrons. The highest BCUT2D eigenvalue weighted by Gasteiger charge is 2.05. The zero-order chi connectivity index (χ0) is 10.8. The van der Waals surface area contributed by atoms with Gasteiger partial charge in [0, 0.05) is 25.3 Å². The van der Waals surface area contributed by atoms with Crippen LogP contribution in [0.25, 0.3) is 11.5 Å². The van der Waals surface area contributed by atoms with Crippen molar-refractivity contribution in [3.8, 4) is 11.5 Å². The summed E-state index contributed by atoms with van der Waals surface area (Å²) in [6, 6.07) is 7.90. The lowest BCUT2D eigenvalue weighted by Gasteiger charge is -2.12. The monoisotopic (exact) mass is 221 g/mol. The van der Waals surface area contributed by atoms with Crippen LogP contribution in [0.2, 0.25) is 0 Å². The van der Waals surface area contributed by atoms with E-state index in [0.29, 0.717) is 10.7 Å². The summed E-state index contributed by atoms with van der Waals surface area (Å²) in [5.41, 5.74) is 2.00. The van der Waals surface area contributed by atoms with Gasteiger partial charge in [-0.25, -0.2) is 5.10 Å². The zero-order valence-electron chi connectivity index (χ0n) is 8.52. The summed E-state index contributed by atoms with van der Waals surface area (Å²) in [5, 5.41) is 6.57. The Morgan fingerprint density at radius 1 is 1.40 bits per heavy atom. The molecule has 78 valence electrons. The van der Waals surface area contributed by atoms with Crippen LogP contribution in [0, 0.1) is 4.84 Å². The van der Waals surface area contributed by atoms with Crippen LogP contribution in [0.1, 0.15) is 0 Å². The van der Waals surface area contributed by atoms with E-state index in [9.17, 15) is 0 Å². The number of hydrogen-bond acceptors (Lipinski definition) is 4. The van der Waals surface area contributed by atoms with Gasteiger partial charge in [0.25, 0.3) is 4.84 Å². The maximum Gasteiger partial charge on any atom is 0.284 e. The Morgan fingerprint density at radius 2 is 2.20 bits per heavy atom. The van der Waals surface area contributed by atoms with E-state index in [0.717, 1.165) is 11.3 Å². The number of anilines is 1. The largest absolute Gasteiger partial charge is 0.409 e. The van der Waals surface area contributed by atoms with Gasteiger partial charge in [0.15, 0.2) is 0 Å². The van der Waals surface area contributed by atoms with Crippen LogP contribution < -0.4 is 4.90 Å². The fraction of sp³-hybridized carbons (Fsp3) is 0.200. The fourth-order valence-corrected chi connectivity index (χ4v) is 1.40. The Morgan fingerprint density at radius 3 is 2.80 bits per heavy atom. The number of nitrogens with one attached hydrogen (secondary N) is 1. The molecule has 4 nitrogen and oxygen atoms in total. The molecule has 0 saturated heterocycles. The van der Waals surface area contributed by atoms with Crippen molar-refractivity contribution in [1.82, 2.24) is 10.2 Å². The number of hydrogen-bond donors (Lipinski definition) is 1. The molecule has 0 spiro atoms. The van der Waals surface area contributed by atoms with Crippen molar-refractivity contribution in [3.05, 3.63) is 29.1 Å². The van der Waals surface area contributed by atoms with Crippen molar-refractivity contribution in [3.63, 3.8) is 0 Å². The standard InChI is InChI=1S/C10H11N3OS/c1-13(2)8-5-3-4-7(6-8)9-11-12-10(15)14-9/h3-6H,1-2H3,(H,12,15). The maximum absolute atomic E-state index is 5.23. The van der Waals surface area contributed by atoms with E-state index >= 15 is 0 Å². The van der Waals surface area contributed by atoms with Crippen LogP contribution in [-0.2, 0) is 0 Å². The van der Waals surface area contributed by atoms with Crippen LogP contribution in [0.3, 0.4) is 0 Å². The molecule has 2 aromatic rings. The smallest absolute Gasteiger partial charge is 0.284 e. The number of aromatic amines is 1. The molecule has 0 amide bonds. The molecule has 5 heteroatoms. The highest BCUT2D eigenvalue weighted by molar-refractivity contribution is 7.71. The Labute approximate surface area is 92.5 Å². The average molecular weight is 221 g/mol. The zero-order valence-corrected chi connectivity index (χ0v) is 9.34. The minimum Gasteiger partial charge on any atom is -0.409 e. The second kappa shape index (κ2) is 3.86. The van der Waals surface area contributed by atoms with Gasteiger partial charge in [0.2, 0.25) is 5.89 Å². The van der Waals surface area contributed by atoms with E-state index in [1.807, 2.05) is 43.3 Å². The van der Waals surface area contributed by atoms with Gasteiger partial charge >= 0.3 is 0 Å². The van der Waals surface area contributed by atoms with Gasteiger partial charge in [-0.15, -0.1) is 5.10 Å². The van der Waals surface area contributed by atoms with Gasteiger partial charge in [-0.3, -0.25) is 0 Å². The predicted molar refractivity (Wildman–Crippen MR) is 61.5 cm³/mol. The first-order valence-electron chi connectivity index (χ1n) is 4.50. The number of rotatable bonds is 2. The molecule has 0 unspecified atom stereocenters. The lowest BCUT2D eigenvalue weighted by molar-refractivity contribution is 0.552. The summed E-state index contributed by atoms with van der Waals surface area (Å²) in [6.45, 7) is 0. The van der Waals surface area contributed by atoms with E-state index in [1.165, 1.54) is 0 Å². The van der Waals surface area contributed by atoms with E-state index in [1.54, 1.807) is 0 Å². The summed E-state index contributed by atoms with van der Waals surface area (Å²) < 4.78 is 5.23. The van der Waals surface area contributed by atoms with Gasteiger partial charge in [-0.2, -0.15) is 0 Å². The van der Waals surface area contributed by atoms with Gasteiger partial charge in [0.1, 0.15) is 0 Å². The maximum atomic E-state index is 5.23. The molecule has 0 atom stereocenters. The van der Waals surface area contributed by atoms with Crippen molar-refractivity contribution in [1.29, 1.82) is 0 Å². The topological polar surface area (TPSA) is 45.1 Å². The van der Waals surface area contributed by atoms with Gasteiger partial charge < -0.3 is 9.32 Å². The minimum atomic E-state index is 0.292. The third-order valence-corrected chi connectivity index (χ3v) is 2.22. The molecular weight excluding hydrogens is 210 g/mol. The van der Waals surface area contributed by atoms with Crippen LogP contribution in [-0.4, -0.2) is 24.3 Å². The molecular formula is C10H11N3OS. The molecule has 1 N–H and O–H groups in total. The van der Waals surface area contributed by atoms with Crippen molar-refractivity contribution in [2.75, 3.05) is 19.0 Å². The van der Waals surface area contributed by atoms with E-state index in [4.69, 9.17) is 16.6 Å². The molecule has 0 aliphatic rings. The van der Waals surface area contributed by atoms with E-state index < -0.39 is 0 Å². The molecule has 15 heavy (non-hydrogen) atoms. The second-order valence-corrected chi connectivity index (χ2v) is 3.73. The normalized spacial score (nSPS) is 10.3. The molecule has 1 heterocycles. The molecule has 2 rings (SSSR count). The fourth-order valence-electron chi connectivity index (χ4n) is 1.27. The number of benzene rings is 1. The average Bonchev–Trinajstić information content (AvgIpc) is 2.65. The third-order valence-electron chi connectivity index (χ3n) is 2.05. The second-order valence-electron chi connectivity index (χ2n) is 3.36. The molecule has 0 aliphatic heterocycles. The quantitative estimate of drug-likeness (QED) is 0.791.